The zero-order valence-electron chi connectivity index (χ0n) is 48.8. The van der Waals surface area contributed by atoms with E-state index in [4.69, 9.17) is 11.5 Å². The van der Waals surface area contributed by atoms with Gasteiger partial charge < -0.3 is 89.8 Å². The molecule has 0 radical (unpaired) electrons. The van der Waals surface area contributed by atoms with Crippen LogP contribution in [0.4, 0.5) is 0 Å². The second kappa shape index (κ2) is 33.1. The molecule has 0 saturated heterocycles. The van der Waals surface area contributed by atoms with Gasteiger partial charge in [0.15, 0.2) is 0 Å². The van der Waals surface area contributed by atoms with Gasteiger partial charge in [-0.3, -0.25) is 47.9 Å². The number of H-pyrrole nitrogens is 1. The number of nitrogens with two attached hydrogens (primary N) is 2. The molecule has 0 spiro atoms. The highest BCUT2D eigenvalue weighted by molar-refractivity contribution is 6.00. The number of phenolic OH excluding ortho intramolecular Hbond substituents is 2. The minimum Gasteiger partial charge on any atom is -0.508 e. The lowest BCUT2D eigenvalue weighted by Crippen LogP contribution is -2.62. The molecule has 19 N–H and O–H groups in total. The van der Waals surface area contributed by atoms with Crippen molar-refractivity contribution in [3.05, 3.63) is 132 Å². The molecule has 11 atom stereocenters. The van der Waals surface area contributed by atoms with Crippen LogP contribution >= 0.6 is 0 Å². The maximum absolute atomic E-state index is 14.8. The van der Waals surface area contributed by atoms with Gasteiger partial charge in [0.1, 0.15) is 59.8 Å². The number of aromatic amines is 1. The summed E-state index contributed by atoms with van der Waals surface area (Å²) in [7, 11) is 0. The smallest absolute Gasteiger partial charge is 0.326 e. The number of carboxylic acids is 1. The van der Waals surface area contributed by atoms with Crippen molar-refractivity contribution >= 4 is 75.9 Å². The molecule has 5 rings (SSSR count). The summed E-state index contributed by atoms with van der Waals surface area (Å²) in [5.74, 6) is -12.2. The number of nitrogens with one attached hydrogen (secondary N) is 10. The monoisotopic (exact) mass is 1220 g/mol. The van der Waals surface area contributed by atoms with Crippen LogP contribution in [0.3, 0.4) is 0 Å². The second-order valence-electron chi connectivity index (χ2n) is 21.2. The number of aromatic hydroxyl groups is 2. The number of rotatable bonds is 33. The summed E-state index contributed by atoms with van der Waals surface area (Å²) in [5, 5.41) is 73.3. The molecule has 28 heteroatoms. The van der Waals surface area contributed by atoms with Gasteiger partial charge in [0.2, 0.25) is 59.1 Å². The molecule has 0 aliphatic rings. The predicted octanol–water partition coefficient (Wildman–Crippen LogP) is -2.43. The number of aliphatic carboxylic acids is 1. The molecular weight excluding hydrogens is 1140 g/mol. The van der Waals surface area contributed by atoms with Crippen molar-refractivity contribution < 1.29 is 78.3 Å². The Hall–Kier alpha value is -9.93. The van der Waals surface area contributed by atoms with Gasteiger partial charge in [0.05, 0.1) is 31.7 Å². The van der Waals surface area contributed by atoms with Gasteiger partial charge in [-0.15, -0.1) is 0 Å². The van der Waals surface area contributed by atoms with Crippen molar-refractivity contribution in [2.45, 2.75) is 127 Å². The van der Waals surface area contributed by atoms with Crippen molar-refractivity contribution in [1.82, 2.24) is 52.8 Å². The molecule has 472 valence electrons. The van der Waals surface area contributed by atoms with E-state index < -0.39 is 152 Å². The summed E-state index contributed by atoms with van der Waals surface area (Å²) in [4.78, 5) is 152. The first-order chi connectivity index (χ1) is 41.8. The minimum atomic E-state index is -1.94. The van der Waals surface area contributed by atoms with E-state index in [1.165, 1.54) is 55.5 Å². The van der Waals surface area contributed by atoms with Gasteiger partial charge in [-0.2, -0.15) is 0 Å². The number of aliphatic hydroxyl groups excluding tert-OH is 2. The van der Waals surface area contributed by atoms with Gasteiger partial charge in [0, 0.05) is 42.8 Å². The zero-order chi connectivity index (χ0) is 64.8. The highest BCUT2D eigenvalue weighted by atomic mass is 16.4. The lowest BCUT2D eigenvalue weighted by molar-refractivity contribution is -0.142. The summed E-state index contributed by atoms with van der Waals surface area (Å²) >= 11 is 0. The Labute approximate surface area is 505 Å². The molecule has 0 bridgehead atoms. The number of hydrogen-bond donors (Lipinski definition) is 17. The lowest BCUT2D eigenvalue weighted by atomic mass is 9.99. The largest absolute Gasteiger partial charge is 0.508 e. The van der Waals surface area contributed by atoms with Crippen LogP contribution < -0.4 is 59.3 Å². The van der Waals surface area contributed by atoms with Crippen LogP contribution in [0.1, 0.15) is 62.8 Å². The third-order valence-corrected chi connectivity index (χ3v) is 14.3. The molecule has 4 aromatic carbocycles. The quantitative estimate of drug-likeness (QED) is 0.0208. The fraction of sp³-hybridized carbons (Fsp3) is 0.383. The Balaban J connectivity index is 1.40. The zero-order valence-corrected chi connectivity index (χ0v) is 48.8. The van der Waals surface area contributed by atoms with E-state index >= 15 is 0 Å². The van der Waals surface area contributed by atoms with Crippen LogP contribution in [-0.2, 0) is 78.4 Å². The highest BCUT2D eigenvalue weighted by Crippen LogP contribution is 2.21. The Morgan fingerprint density at radius 1 is 0.523 bits per heavy atom. The summed E-state index contributed by atoms with van der Waals surface area (Å²) in [6, 6.07) is 12.3. The maximum Gasteiger partial charge on any atom is 0.326 e. The lowest BCUT2D eigenvalue weighted by Gasteiger charge is -2.28. The Morgan fingerprint density at radius 2 is 0.977 bits per heavy atom. The van der Waals surface area contributed by atoms with E-state index in [1.807, 2.05) is 6.92 Å². The molecule has 10 amide bonds. The summed E-state index contributed by atoms with van der Waals surface area (Å²) in [5.41, 5.74) is 13.9. The van der Waals surface area contributed by atoms with Crippen molar-refractivity contribution in [3.8, 4) is 11.5 Å². The minimum absolute atomic E-state index is 0.0788. The molecule has 0 unspecified atom stereocenters. The topological polar surface area (TPSA) is 465 Å². The molecular formula is C60H76N12O16. The number of hydrogen-bond acceptors (Lipinski definition) is 16. The number of carbonyl (C=O) groups is 11. The number of para-hydroxylation sites is 1. The third kappa shape index (κ3) is 20.9. The first-order valence-corrected chi connectivity index (χ1v) is 28.2. The van der Waals surface area contributed by atoms with Gasteiger partial charge >= 0.3 is 5.97 Å². The van der Waals surface area contributed by atoms with E-state index in [2.05, 4.69) is 52.8 Å². The summed E-state index contributed by atoms with van der Waals surface area (Å²) in [6.45, 7) is 4.18. The maximum atomic E-state index is 14.8. The number of benzene rings is 4. The van der Waals surface area contributed by atoms with E-state index in [1.54, 1.807) is 67.7 Å². The van der Waals surface area contributed by atoms with Gasteiger partial charge in [-0.25, -0.2) is 4.79 Å². The van der Waals surface area contributed by atoms with Gasteiger partial charge in [-0.05, 0) is 72.4 Å². The van der Waals surface area contributed by atoms with Crippen LogP contribution in [0.15, 0.2) is 109 Å². The number of aromatic nitrogens is 1. The van der Waals surface area contributed by atoms with Crippen molar-refractivity contribution in [1.29, 1.82) is 0 Å². The average Bonchev–Trinajstić information content (AvgIpc) is 3.70. The fourth-order valence-corrected chi connectivity index (χ4v) is 8.99. The van der Waals surface area contributed by atoms with Gasteiger partial charge in [0.25, 0.3) is 0 Å². The molecule has 0 fully saturated rings. The van der Waals surface area contributed by atoms with Crippen LogP contribution in [-0.4, -0.2) is 169 Å². The molecule has 1 heterocycles. The van der Waals surface area contributed by atoms with E-state index in [9.17, 15) is 78.3 Å². The first-order valence-electron chi connectivity index (χ1n) is 28.2. The average molecular weight is 1220 g/mol. The van der Waals surface area contributed by atoms with Gasteiger partial charge in [-0.1, -0.05) is 93.1 Å². The number of aliphatic hydroxyl groups is 2. The Bertz CT molecular complexity index is 3250. The second-order valence-corrected chi connectivity index (χ2v) is 21.2. The van der Waals surface area contributed by atoms with E-state index in [0.29, 0.717) is 39.6 Å². The molecule has 88 heavy (non-hydrogen) atoms. The van der Waals surface area contributed by atoms with Crippen molar-refractivity contribution in [2.24, 2.45) is 17.4 Å². The van der Waals surface area contributed by atoms with E-state index in [-0.39, 0.29) is 36.7 Å². The Kier molecular flexibility index (Phi) is 25.9. The third-order valence-electron chi connectivity index (χ3n) is 14.3. The fourth-order valence-electron chi connectivity index (χ4n) is 8.99. The predicted molar refractivity (Wildman–Crippen MR) is 318 cm³/mol. The highest BCUT2D eigenvalue weighted by Gasteiger charge is 2.36. The molecule has 5 aromatic rings. The number of amides is 10. The van der Waals surface area contributed by atoms with E-state index in [0.717, 1.165) is 6.92 Å². The Morgan fingerprint density at radius 3 is 1.50 bits per heavy atom. The normalized spacial score (nSPS) is 14.9. The number of primary amides is 1. The molecule has 0 aliphatic heterocycles. The molecule has 0 aliphatic carbocycles. The van der Waals surface area contributed by atoms with Crippen LogP contribution in [0.5, 0.6) is 11.5 Å². The number of carboxylic acid groups (broad SMARTS) is 1. The standard InChI is InChI=1S/C60H76N12O16/c1-5-31(2)50(62)58(85)64-29-49(78)72-51(33(4)74)59(86)71-47(30-73)57(84)69-45(27-48(61)77)56(83)67-42(23-35-15-19-38(75)20-16-35)54(81)66-43(24-36-17-21-39(76)22-18-36)55(82)68-44(26-37-28-63-41-14-10-9-13-40(37)41)53(80)65-32(3)52(79)70-46(60(87)88)25-34-11-7-6-8-12-34/h6-22,28,31-33,42-47,50-51,63,73-76H,5,23-27,29-30,62H2,1-4H3,(H2,61,77)(H,64,85)(H,65,80)(H,66,81)(H,67,83)(H,68,82)(H,69,84)(H,70,79)(H,71,86)(H,72,78)(H,87,88)/t31-,32-,33+,42-,43-,44-,45-,46-,47-,50-,51-/m0/s1. The molecule has 28 nitrogen and oxygen atoms in total. The molecule has 1 aromatic heterocycles. The number of fused-ring (bicyclic) bond motifs is 1. The molecule has 0 saturated carbocycles. The van der Waals surface area contributed by atoms with Crippen LogP contribution in [0.2, 0.25) is 0 Å². The number of phenols is 2. The van der Waals surface area contributed by atoms with Crippen LogP contribution in [0.25, 0.3) is 10.9 Å². The van der Waals surface area contributed by atoms with Crippen molar-refractivity contribution in [2.75, 3.05) is 13.2 Å². The first kappa shape index (κ1) is 68.8. The van der Waals surface area contributed by atoms with Crippen molar-refractivity contribution in [3.63, 3.8) is 0 Å². The summed E-state index contributed by atoms with van der Waals surface area (Å²) < 4.78 is 0. The van der Waals surface area contributed by atoms with Crippen LogP contribution in [0, 0.1) is 5.92 Å². The summed E-state index contributed by atoms with van der Waals surface area (Å²) in [6.07, 6.45) is -1.37. The number of carbonyl (C=O) groups excluding carboxylic acids is 10. The SMILES string of the molecule is CC[C@H](C)[C@H](N)C(=O)NCC(=O)N[C@H](C(=O)N[C@@H](CO)C(=O)N[C@@H](CC(N)=O)C(=O)N[C@@H](Cc1ccc(O)cc1)C(=O)N[C@@H](Cc1ccc(O)cc1)C(=O)N[C@@H](Cc1c[nH]c2ccccc12)C(=O)N[C@@H](C)C(=O)N[C@@H](Cc1ccccc1)C(=O)O)[C@@H](C)O.